The van der Waals surface area contributed by atoms with Gasteiger partial charge in [-0.25, -0.2) is 13.5 Å². The summed E-state index contributed by atoms with van der Waals surface area (Å²) in [7, 11) is 0. The lowest BCUT2D eigenvalue weighted by molar-refractivity contribution is -0.396. The molecule has 0 aliphatic carbocycles. The molecule has 0 N–H and O–H groups in total. The standard InChI is InChI=1S/C5HF9O/c6-1(2(7)8)4(11,12)15-5(13,14)3(9)10/h3H. The molecule has 0 saturated heterocycles. The van der Waals surface area contributed by atoms with E-state index in [2.05, 4.69) is 0 Å². The van der Waals surface area contributed by atoms with E-state index >= 15 is 0 Å². The Morgan fingerprint density at radius 3 is 1.60 bits per heavy atom. The molecule has 0 spiro atoms. The van der Waals surface area contributed by atoms with Gasteiger partial charge in [0.2, 0.25) is 0 Å². The smallest absolute Gasteiger partial charge is 0.245 e. The van der Waals surface area contributed by atoms with E-state index in [4.69, 9.17) is 0 Å². The van der Waals surface area contributed by atoms with Crippen molar-refractivity contribution < 1.29 is 44.3 Å². The first-order valence-corrected chi connectivity index (χ1v) is 2.96. The van der Waals surface area contributed by atoms with Crippen molar-refractivity contribution in [3.63, 3.8) is 0 Å². The fraction of sp³-hybridized carbons (Fsp3) is 0.600. The Labute approximate surface area is 76.1 Å². The van der Waals surface area contributed by atoms with Crippen molar-refractivity contribution in [1.82, 2.24) is 0 Å². The fourth-order valence-corrected chi connectivity index (χ4v) is 0.370. The van der Waals surface area contributed by atoms with E-state index in [1.165, 1.54) is 0 Å². The van der Waals surface area contributed by atoms with Crippen molar-refractivity contribution >= 4 is 0 Å². The summed E-state index contributed by atoms with van der Waals surface area (Å²) in [6.07, 6.45) is -19.9. The summed E-state index contributed by atoms with van der Waals surface area (Å²) in [6, 6.07) is 0. The number of rotatable bonds is 4. The maximum Gasteiger partial charge on any atom is 0.421 e. The van der Waals surface area contributed by atoms with Crippen LogP contribution in [0.1, 0.15) is 0 Å². The van der Waals surface area contributed by atoms with E-state index < -0.39 is 30.6 Å². The highest BCUT2D eigenvalue weighted by Crippen LogP contribution is 2.38. The van der Waals surface area contributed by atoms with E-state index in [-0.39, 0.29) is 0 Å². The van der Waals surface area contributed by atoms with E-state index in [0.717, 1.165) is 0 Å². The quantitative estimate of drug-likeness (QED) is 0.691. The van der Waals surface area contributed by atoms with Crippen molar-refractivity contribution in [3.05, 3.63) is 11.9 Å². The Bertz CT molecular complexity index is 253. The molecular weight excluding hydrogens is 247 g/mol. The van der Waals surface area contributed by atoms with Gasteiger partial charge >= 0.3 is 24.7 Å². The summed E-state index contributed by atoms with van der Waals surface area (Å²) in [5.74, 6) is -3.65. The van der Waals surface area contributed by atoms with Gasteiger partial charge in [-0.3, -0.25) is 0 Å². The molecule has 0 aromatic rings. The van der Waals surface area contributed by atoms with Gasteiger partial charge in [-0.2, -0.15) is 30.7 Å². The third-order valence-electron chi connectivity index (χ3n) is 0.940. The molecule has 0 unspecified atom stereocenters. The Morgan fingerprint density at radius 2 is 1.33 bits per heavy atom. The van der Waals surface area contributed by atoms with Crippen LogP contribution >= 0.6 is 0 Å². The van der Waals surface area contributed by atoms with Crippen LogP contribution in [0.2, 0.25) is 0 Å². The lowest BCUT2D eigenvalue weighted by Crippen LogP contribution is -2.39. The van der Waals surface area contributed by atoms with E-state index in [0.29, 0.717) is 0 Å². The number of ether oxygens (including phenoxy) is 1. The Kier molecular flexibility index (Phi) is 4.02. The van der Waals surface area contributed by atoms with Crippen molar-refractivity contribution in [2.75, 3.05) is 0 Å². The second kappa shape index (κ2) is 4.29. The van der Waals surface area contributed by atoms with Gasteiger partial charge in [0, 0.05) is 0 Å². The minimum absolute atomic E-state index is 1.98. The molecule has 0 rings (SSSR count). The van der Waals surface area contributed by atoms with Crippen molar-refractivity contribution in [2.24, 2.45) is 0 Å². The Morgan fingerprint density at radius 1 is 0.933 bits per heavy atom. The monoisotopic (exact) mass is 248 g/mol. The van der Waals surface area contributed by atoms with Crippen LogP contribution < -0.4 is 0 Å². The second-order valence-electron chi connectivity index (χ2n) is 2.06. The largest absolute Gasteiger partial charge is 0.421 e. The van der Waals surface area contributed by atoms with E-state index in [9.17, 15) is 39.5 Å². The number of hydrogen-bond donors (Lipinski definition) is 0. The van der Waals surface area contributed by atoms with E-state index in [1.807, 2.05) is 4.74 Å². The number of halogens is 9. The van der Waals surface area contributed by atoms with Gasteiger partial charge < -0.3 is 0 Å². The van der Waals surface area contributed by atoms with Crippen LogP contribution in [0.3, 0.4) is 0 Å². The van der Waals surface area contributed by atoms with Gasteiger partial charge in [-0.05, 0) is 0 Å². The third-order valence-corrected chi connectivity index (χ3v) is 0.940. The zero-order valence-corrected chi connectivity index (χ0v) is 6.39. The highest BCUT2D eigenvalue weighted by molar-refractivity contribution is 5.00. The van der Waals surface area contributed by atoms with Crippen LogP contribution in [0.25, 0.3) is 0 Å². The molecular formula is C5HF9O. The van der Waals surface area contributed by atoms with Crippen molar-refractivity contribution in [1.29, 1.82) is 0 Å². The average molecular weight is 248 g/mol. The van der Waals surface area contributed by atoms with Crippen LogP contribution in [0.5, 0.6) is 0 Å². The molecule has 0 fully saturated rings. The summed E-state index contributed by atoms with van der Waals surface area (Å²) in [4.78, 5) is 0. The molecule has 90 valence electrons. The molecule has 0 aromatic heterocycles. The van der Waals surface area contributed by atoms with Crippen LogP contribution in [0.15, 0.2) is 11.9 Å². The zero-order valence-electron chi connectivity index (χ0n) is 6.39. The number of hydrogen-bond acceptors (Lipinski definition) is 1. The third kappa shape index (κ3) is 3.61. The number of alkyl halides is 6. The molecule has 0 saturated carbocycles. The molecule has 0 atom stereocenters. The molecule has 10 heteroatoms. The normalized spacial score (nSPS) is 13.2. The summed E-state index contributed by atoms with van der Waals surface area (Å²) in [5.41, 5.74) is 0. The van der Waals surface area contributed by atoms with Gasteiger partial charge in [-0.15, -0.1) is 0 Å². The van der Waals surface area contributed by atoms with Gasteiger partial charge in [0.1, 0.15) is 0 Å². The first-order chi connectivity index (χ1) is 6.50. The van der Waals surface area contributed by atoms with Gasteiger partial charge in [0.25, 0.3) is 5.83 Å². The highest BCUT2D eigenvalue weighted by atomic mass is 19.3. The van der Waals surface area contributed by atoms with Crippen LogP contribution in [0.4, 0.5) is 39.5 Å². The van der Waals surface area contributed by atoms with Crippen LogP contribution in [-0.2, 0) is 4.74 Å². The van der Waals surface area contributed by atoms with Gasteiger partial charge in [0.15, 0.2) is 0 Å². The summed E-state index contributed by atoms with van der Waals surface area (Å²) >= 11 is 0. The maximum atomic E-state index is 12.0. The molecule has 1 nitrogen and oxygen atoms in total. The van der Waals surface area contributed by atoms with Crippen LogP contribution in [0, 0.1) is 0 Å². The van der Waals surface area contributed by atoms with Gasteiger partial charge in [-0.1, -0.05) is 0 Å². The summed E-state index contributed by atoms with van der Waals surface area (Å²) in [6.45, 7) is 0. The second-order valence-corrected chi connectivity index (χ2v) is 2.06. The zero-order chi connectivity index (χ0) is 12.4. The average Bonchev–Trinajstić information content (AvgIpc) is 2.00. The SMILES string of the molecule is FC(F)=C(F)C(F)(F)OC(F)(F)C(F)F. The van der Waals surface area contributed by atoms with Crippen molar-refractivity contribution in [3.8, 4) is 0 Å². The maximum absolute atomic E-state index is 12.0. The summed E-state index contributed by atoms with van der Waals surface area (Å²) in [5, 5.41) is 0. The van der Waals surface area contributed by atoms with Gasteiger partial charge in [0.05, 0.1) is 0 Å². The Hall–Kier alpha value is -0.930. The molecule has 0 bridgehead atoms. The fourth-order valence-electron chi connectivity index (χ4n) is 0.370. The predicted molar refractivity (Wildman–Crippen MR) is 27.3 cm³/mol. The minimum Gasteiger partial charge on any atom is -0.245 e. The highest BCUT2D eigenvalue weighted by Gasteiger charge is 2.54. The predicted octanol–water partition coefficient (Wildman–Crippen LogP) is 3.53. The molecule has 0 aromatic carbocycles. The Balaban J connectivity index is 4.88. The molecule has 0 heterocycles. The van der Waals surface area contributed by atoms with Crippen LogP contribution in [-0.4, -0.2) is 18.6 Å². The first kappa shape index (κ1) is 14.1. The lowest BCUT2D eigenvalue weighted by atomic mass is 10.5. The lowest BCUT2D eigenvalue weighted by Gasteiger charge is -2.21. The molecule has 0 radical (unpaired) electrons. The molecule has 15 heavy (non-hydrogen) atoms. The first-order valence-electron chi connectivity index (χ1n) is 2.96. The van der Waals surface area contributed by atoms with E-state index in [1.54, 1.807) is 0 Å². The molecule has 0 aliphatic heterocycles. The molecule has 0 amide bonds. The minimum atomic E-state index is -5.82. The van der Waals surface area contributed by atoms with Crippen molar-refractivity contribution in [2.45, 2.75) is 18.6 Å². The summed E-state index contributed by atoms with van der Waals surface area (Å²) < 4.78 is 106. The topological polar surface area (TPSA) is 9.23 Å². The molecule has 0 aliphatic rings.